The minimum Gasteiger partial charge on any atom is -0.135 e. The zero-order chi connectivity index (χ0) is 27.1. The fourth-order valence-corrected chi connectivity index (χ4v) is 7.84. The van der Waals surface area contributed by atoms with Crippen molar-refractivity contribution >= 4 is 63.4 Å². The Morgan fingerprint density at radius 1 is 0.450 bits per heavy atom. The van der Waals surface area contributed by atoms with Crippen molar-refractivity contribution in [2.75, 3.05) is 0 Å². The van der Waals surface area contributed by atoms with E-state index in [1.807, 2.05) is 17.4 Å². The van der Waals surface area contributed by atoms with Crippen molar-refractivity contribution in [3.05, 3.63) is 154 Å². The lowest BCUT2D eigenvalue weighted by atomic mass is 9.94. The van der Waals surface area contributed by atoms with E-state index in [9.17, 15) is 0 Å². The molecule has 0 spiro atoms. The summed E-state index contributed by atoms with van der Waals surface area (Å²) < 4.78 is 4.99. The molecule has 8 rings (SSSR count). The summed E-state index contributed by atoms with van der Waals surface area (Å²) in [6.45, 7) is 0. The zero-order valence-electron chi connectivity index (χ0n) is 21.6. The van der Waals surface area contributed by atoms with Crippen molar-refractivity contribution in [1.29, 1.82) is 0 Å². The Hall–Kier alpha value is -3.50. The molecule has 0 bridgehead atoms. The summed E-state index contributed by atoms with van der Waals surface area (Å²) in [7, 11) is 0. The maximum absolute atomic E-state index is 3.68. The molecule has 40 heavy (non-hydrogen) atoms. The molecule has 0 saturated heterocycles. The number of halogens is 2. The number of thiophene rings is 1. The van der Waals surface area contributed by atoms with E-state index >= 15 is 0 Å². The molecule has 0 atom stereocenters. The second-order valence-corrected chi connectivity index (χ2v) is 12.7. The third kappa shape index (κ3) is 4.62. The SMILES string of the molecule is Brc1ccccc1-c1ccc2c(c1)sc1ccccc12.Brc1ccccc1-c1cccc2c1-c1ccccc1C2. The lowest BCUT2D eigenvalue weighted by molar-refractivity contribution is 1.26. The molecule has 0 unspecified atom stereocenters. The van der Waals surface area contributed by atoms with Gasteiger partial charge < -0.3 is 0 Å². The quantitative estimate of drug-likeness (QED) is 0.173. The highest BCUT2D eigenvalue weighted by Gasteiger charge is 2.21. The summed E-state index contributed by atoms with van der Waals surface area (Å²) in [6, 6.07) is 47.5. The van der Waals surface area contributed by atoms with Crippen molar-refractivity contribution < 1.29 is 0 Å². The second kappa shape index (κ2) is 10.8. The molecule has 0 aliphatic heterocycles. The van der Waals surface area contributed by atoms with Crippen LogP contribution in [-0.2, 0) is 6.42 Å². The van der Waals surface area contributed by atoms with Crippen LogP contribution < -0.4 is 0 Å². The molecule has 1 heterocycles. The smallest absolute Gasteiger partial charge is 0.0361 e. The predicted octanol–water partition coefficient (Wildman–Crippen LogP) is 12.2. The first-order valence-corrected chi connectivity index (χ1v) is 15.7. The summed E-state index contributed by atoms with van der Waals surface area (Å²) in [4.78, 5) is 0. The molecule has 0 nitrogen and oxygen atoms in total. The predicted molar refractivity (Wildman–Crippen MR) is 180 cm³/mol. The van der Waals surface area contributed by atoms with Gasteiger partial charge in [0.2, 0.25) is 0 Å². The monoisotopic (exact) mass is 658 g/mol. The third-order valence-electron chi connectivity index (χ3n) is 7.55. The van der Waals surface area contributed by atoms with Crippen molar-refractivity contribution in [3.8, 4) is 33.4 Å². The van der Waals surface area contributed by atoms with Crippen LogP contribution in [-0.4, -0.2) is 0 Å². The van der Waals surface area contributed by atoms with Crippen LogP contribution in [0.4, 0.5) is 0 Å². The van der Waals surface area contributed by atoms with Gasteiger partial charge in [0.05, 0.1) is 0 Å². The van der Waals surface area contributed by atoms with E-state index in [4.69, 9.17) is 0 Å². The van der Waals surface area contributed by atoms with Gasteiger partial charge in [-0.25, -0.2) is 0 Å². The fraction of sp³-hybridized carbons (Fsp3) is 0.0270. The van der Waals surface area contributed by atoms with E-state index in [1.165, 1.54) is 64.7 Å². The lowest BCUT2D eigenvalue weighted by Crippen LogP contribution is -1.86. The molecule has 0 amide bonds. The number of hydrogen-bond acceptors (Lipinski definition) is 1. The first-order valence-electron chi connectivity index (χ1n) is 13.3. The topological polar surface area (TPSA) is 0 Å². The molecule has 0 saturated carbocycles. The van der Waals surface area contributed by atoms with Gasteiger partial charge in [0.15, 0.2) is 0 Å². The van der Waals surface area contributed by atoms with Crippen LogP contribution in [0.25, 0.3) is 53.6 Å². The molecule has 0 fully saturated rings. The van der Waals surface area contributed by atoms with Crippen LogP contribution in [0.1, 0.15) is 11.1 Å². The summed E-state index contributed by atoms with van der Waals surface area (Å²) in [5.74, 6) is 0. The first-order chi connectivity index (χ1) is 19.7. The first kappa shape index (κ1) is 25.5. The number of fused-ring (bicyclic) bond motifs is 6. The molecule has 6 aromatic carbocycles. The van der Waals surface area contributed by atoms with Gasteiger partial charge in [-0.15, -0.1) is 11.3 Å². The van der Waals surface area contributed by atoms with E-state index < -0.39 is 0 Å². The summed E-state index contributed by atoms with van der Waals surface area (Å²) in [5.41, 5.74) is 10.7. The molecular formula is C37H24Br2S. The Labute approximate surface area is 255 Å². The average molecular weight is 660 g/mol. The van der Waals surface area contributed by atoms with Gasteiger partial charge in [-0.05, 0) is 75.2 Å². The Balaban J connectivity index is 0.000000132. The molecule has 7 aromatic rings. The van der Waals surface area contributed by atoms with E-state index in [1.54, 1.807) is 0 Å². The van der Waals surface area contributed by atoms with Gasteiger partial charge in [-0.2, -0.15) is 0 Å². The fourth-order valence-electron chi connectivity index (χ4n) is 5.68. The van der Waals surface area contributed by atoms with Crippen LogP contribution >= 0.6 is 43.2 Å². The Morgan fingerprint density at radius 3 is 1.85 bits per heavy atom. The molecule has 192 valence electrons. The van der Waals surface area contributed by atoms with Crippen molar-refractivity contribution in [2.45, 2.75) is 6.42 Å². The molecule has 1 aliphatic rings. The van der Waals surface area contributed by atoms with Gasteiger partial charge in [0.25, 0.3) is 0 Å². The molecular weight excluding hydrogens is 636 g/mol. The summed E-state index contributed by atoms with van der Waals surface area (Å²) in [6.07, 6.45) is 1.05. The second-order valence-electron chi connectivity index (χ2n) is 9.94. The van der Waals surface area contributed by atoms with Crippen LogP contribution in [0, 0.1) is 0 Å². The number of benzene rings is 6. The Kier molecular flexibility index (Phi) is 6.89. The Bertz CT molecular complexity index is 2020. The maximum Gasteiger partial charge on any atom is 0.0361 e. The molecule has 1 aliphatic carbocycles. The van der Waals surface area contributed by atoms with E-state index in [2.05, 4.69) is 159 Å². The van der Waals surface area contributed by atoms with Gasteiger partial charge in [0.1, 0.15) is 0 Å². The Morgan fingerprint density at radius 2 is 1.05 bits per heavy atom. The zero-order valence-corrected chi connectivity index (χ0v) is 25.6. The minimum atomic E-state index is 1.05. The van der Waals surface area contributed by atoms with Crippen LogP contribution in [0.5, 0.6) is 0 Å². The summed E-state index contributed by atoms with van der Waals surface area (Å²) in [5, 5.41) is 2.70. The summed E-state index contributed by atoms with van der Waals surface area (Å²) >= 11 is 9.18. The standard InChI is InChI=1S/C19H13Br.C18H11BrS/c20-18-11-4-3-9-16(18)17-10-5-7-14-12-13-6-1-2-8-15(13)19(14)17;19-16-7-3-1-5-13(16)12-9-10-15-14-6-2-4-8-17(14)20-18(15)11-12/h1-11H,12H2;1-11H. The van der Waals surface area contributed by atoms with Gasteiger partial charge in [-0.3, -0.25) is 0 Å². The van der Waals surface area contributed by atoms with E-state index in [0.717, 1.165) is 15.4 Å². The van der Waals surface area contributed by atoms with Gasteiger partial charge >= 0.3 is 0 Å². The van der Waals surface area contributed by atoms with Crippen molar-refractivity contribution in [2.24, 2.45) is 0 Å². The molecule has 0 N–H and O–H groups in total. The highest BCUT2D eigenvalue weighted by molar-refractivity contribution is 9.11. The van der Waals surface area contributed by atoms with E-state index in [-0.39, 0.29) is 0 Å². The van der Waals surface area contributed by atoms with Gasteiger partial charge in [0, 0.05) is 29.1 Å². The van der Waals surface area contributed by atoms with Crippen LogP contribution in [0.3, 0.4) is 0 Å². The molecule has 0 radical (unpaired) electrons. The van der Waals surface area contributed by atoms with Crippen molar-refractivity contribution in [3.63, 3.8) is 0 Å². The van der Waals surface area contributed by atoms with E-state index in [0.29, 0.717) is 0 Å². The largest absolute Gasteiger partial charge is 0.135 e. The highest BCUT2D eigenvalue weighted by atomic mass is 79.9. The highest BCUT2D eigenvalue weighted by Crippen LogP contribution is 2.44. The molecule has 3 heteroatoms. The van der Waals surface area contributed by atoms with Crippen molar-refractivity contribution in [1.82, 2.24) is 0 Å². The lowest BCUT2D eigenvalue weighted by Gasteiger charge is -2.11. The average Bonchev–Trinajstić information content (AvgIpc) is 3.56. The third-order valence-corrected chi connectivity index (χ3v) is 10.1. The number of rotatable bonds is 2. The minimum absolute atomic E-state index is 1.05. The molecule has 1 aromatic heterocycles. The van der Waals surface area contributed by atoms with Crippen LogP contribution in [0.15, 0.2) is 142 Å². The normalized spacial score (nSPS) is 11.7. The maximum atomic E-state index is 3.68. The number of hydrogen-bond donors (Lipinski definition) is 0. The van der Waals surface area contributed by atoms with Gasteiger partial charge in [-0.1, -0.05) is 141 Å². The van der Waals surface area contributed by atoms with Crippen LogP contribution in [0.2, 0.25) is 0 Å².